The van der Waals surface area contributed by atoms with Gasteiger partial charge in [0.05, 0.1) is 12.8 Å². The zero-order valence-corrected chi connectivity index (χ0v) is 11.6. The van der Waals surface area contributed by atoms with Crippen molar-refractivity contribution in [2.45, 2.75) is 40.2 Å². The number of hydrogen-bond acceptors (Lipinski definition) is 3. The van der Waals surface area contributed by atoms with Gasteiger partial charge in [0, 0.05) is 12.6 Å². The average molecular weight is 236 g/mol. The lowest BCUT2D eigenvalue weighted by Gasteiger charge is -2.18. The highest BCUT2D eigenvalue weighted by molar-refractivity contribution is 5.66. The van der Waals surface area contributed by atoms with Gasteiger partial charge in [0.15, 0.2) is 0 Å². The normalized spacial score (nSPS) is 12.4. The van der Waals surface area contributed by atoms with E-state index in [1.54, 1.807) is 7.11 Å². The SMILES string of the molecule is COc1c(C)c(C)cc(C)c1NCCC(C)N. The smallest absolute Gasteiger partial charge is 0.145 e. The van der Waals surface area contributed by atoms with Crippen molar-refractivity contribution >= 4 is 5.69 Å². The van der Waals surface area contributed by atoms with Crippen molar-refractivity contribution in [2.75, 3.05) is 19.0 Å². The highest BCUT2D eigenvalue weighted by atomic mass is 16.5. The van der Waals surface area contributed by atoms with Gasteiger partial charge in [0.1, 0.15) is 5.75 Å². The Kier molecular flexibility index (Phi) is 4.82. The van der Waals surface area contributed by atoms with E-state index in [2.05, 4.69) is 32.2 Å². The quantitative estimate of drug-likeness (QED) is 0.826. The van der Waals surface area contributed by atoms with Gasteiger partial charge < -0.3 is 15.8 Å². The summed E-state index contributed by atoms with van der Waals surface area (Å²) in [6, 6.07) is 2.41. The zero-order chi connectivity index (χ0) is 13.0. The third-order valence-electron chi connectivity index (χ3n) is 3.09. The molecule has 0 radical (unpaired) electrons. The van der Waals surface area contributed by atoms with Crippen LogP contribution in [-0.2, 0) is 0 Å². The molecule has 1 aromatic carbocycles. The number of anilines is 1. The lowest BCUT2D eigenvalue weighted by atomic mass is 10.0. The Hall–Kier alpha value is -1.22. The fraction of sp³-hybridized carbons (Fsp3) is 0.571. The van der Waals surface area contributed by atoms with Crippen LogP contribution in [0.25, 0.3) is 0 Å². The lowest BCUT2D eigenvalue weighted by Crippen LogP contribution is -2.19. The van der Waals surface area contributed by atoms with Gasteiger partial charge >= 0.3 is 0 Å². The topological polar surface area (TPSA) is 47.3 Å². The maximum atomic E-state index is 5.75. The Bertz CT molecular complexity index is 386. The van der Waals surface area contributed by atoms with E-state index < -0.39 is 0 Å². The summed E-state index contributed by atoms with van der Waals surface area (Å²) in [5, 5.41) is 3.43. The minimum Gasteiger partial charge on any atom is -0.494 e. The number of methoxy groups -OCH3 is 1. The largest absolute Gasteiger partial charge is 0.494 e. The predicted molar refractivity (Wildman–Crippen MR) is 74.0 cm³/mol. The van der Waals surface area contributed by atoms with Crippen molar-refractivity contribution in [1.29, 1.82) is 0 Å². The van der Waals surface area contributed by atoms with Crippen LogP contribution in [0.1, 0.15) is 30.0 Å². The number of nitrogens with two attached hydrogens (primary N) is 1. The van der Waals surface area contributed by atoms with Crippen LogP contribution < -0.4 is 15.8 Å². The molecule has 1 aromatic rings. The van der Waals surface area contributed by atoms with Crippen LogP contribution in [0.3, 0.4) is 0 Å². The van der Waals surface area contributed by atoms with Gasteiger partial charge in [-0.15, -0.1) is 0 Å². The summed E-state index contributed by atoms with van der Waals surface area (Å²) in [5.74, 6) is 0.951. The van der Waals surface area contributed by atoms with Crippen LogP contribution in [-0.4, -0.2) is 19.7 Å². The zero-order valence-electron chi connectivity index (χ0n) is 11.6. The molecule has 1 atom stereocenters. The fourth-order valence-corrected chi connectivity index (χ4v) is 1.95. The van der Waals surface area contributed by atoms with E-state index in [4.69, 9.17) is 10.5 Å². The van der Waals surface area contributed by atoms with Crippen molar-refractivity contribution in [2.24, 2.45) is 5.73 Å². The fourth-order valence-electron chi connectivity index (χ4n) is 1.95. The highest BCUT2D eigenvalue weighted by Crippen LogP contribution is 2.34. The molecule has 0 saturated heterocycles. The van der Waals surface area contributed by atoms with Gasteiger partial charge in [-0.2, -0.15) is 0 Å². The van der Waals surface area contributed by atoms with Gasteiger partial charge in [-0.05, 0) is 50.8 Å². The van der Waals surface area contributed by atoms with Gasteiger partial charge in [-0.3, -0.25) is 0 Å². The molecule has 0 heterocycles. The molecule has 3 nitrogen and oxygen atoms in total. The minimum absolute atomic E-state index is 0.223. The van der Waals surface area contributed by atoms with Crippen LogP contribution >= 0.6 is 0 Å². The van der Waals surface area contributed by atoms with E-state index in [1.165, 1.54) is 16.7 Å². The first-order valence-electron chi connectivity index (χ1n) is 6.11. The van der Waals surface area contributed by atoms with Crippen LogP contribution in [0.5, 0.6) is 5.75 Å². The number of aryl methyl sites for hydroxylation is 2. The molecule has 3 N–H and O–H groups in total. The van der Waals surface area contributed by atoms with Crippen molar-refractivity contribution in [3.63, 3.8) is 0 Å². The maximum absolute atomic E-state index is 5.75. The number of benzene rings is 1. The first kappa shape index (κ1) is 13.8. The Labute approximate surface area is 104 Å². The van der Waals surface area contributed by atoms with Crippen molar-refractivity contribution < 1.29 is 4.74 Å². The molecule has 1 rings (SSSR count). The molecule has 0 amide bonds. The van der Waals surface area contributed by atoms with E-state index in [0.29, 0.717) is 0 Å². The average Bonchev–Trinajstić information content (AvgIpc) is 2.25. The van der Waals surface area contributed by atoms with Gasteiger partial charge in [-0.25, -0.2) is 0 Å². The molecule has 1 unspecified atom stereocenters. The summed E-state index contributed by atoms with van der Waals surface area (Å²) in [6.45, 7) is 9.19. The van der Waals surface area contributed by atoms with Crippen LogP contribution in [0.2, 0.25) is 0 Å². The van der Waals surface area contributed by atoms with E-state index in [1.807, 2.05) is 6.92 Å². The molecule has 0 saturated carbocycles. The Morgan fingerprint density at radius 1 is 1.29 bits per heavy atom. The van der Waals surface area contributed by atoms with Gasteiger partial charge in [-0.1, -0.05) is 6.07 Å². The molecular weight excluding hydrogens is 212 g/mol. The summed E-state index contributed by atoms with van der Waals surface area (Å²) < 4.78 is 5.50. The van der Waals surface area contributed by atoms with Crippen molar-refractivity contribution in [3.05, 3.63) is 22.8 Å². The second-order valence-corrected chi connectivity index (χ2v) is 4.74. The predicted octanol–water partition coefficient (Wildman–Crippen LogP) is 2.77. The summed E-state index contributed by atoms with van der Waals surface area (Å²) in [5.41, 5.74) is 10.5. The standard InChI is InChI=1S/C14H24N2O/c1-9-8-10(2)13(14(17-5)12(9)4)16-7-6-11(3)15/h8,11,16H,6-7,15H2,1-5H3. The van der Waals surface area contributed by atoms with Crippen LogP contribution in [0.4, 0.5) is 5.69 Å². The van der Waals surface area contributed by atoms with Crippen molar-refractivity contribution in [3.8, 4) is 5.75 Å². The highest BCUT2D eigenvalue weighted by Gasteiger charge is 2.11. The van der Waals surface area contributed by atoms with Crippen LogP contribution in [0.15, 0.2) is 6.07 Å². The molecule has 0 aliphatic heterocycles. The molecule has 0 aromatic heterocycles. The van der Waals surface area contributed by atoms with E-state index >= 15 is 0 Å². The number of nitrogens with one attached hydrogen (secondary N) is 1. The molecule has 17 heavy (non-hydrogen) atoms. The molecule has 96 valence electrons. The minimum atomic E-state index is 0.223. The molecular formula is C14H24N2O. The molecule has 0 spiro atoms. The molecule has 0 aliphatic carbocycles. The van der Waals surface area contributed by atoms with E-state index in [-0.39, 0.29) is 6.04 Å². The second-order valence-electron chi connectivity index (χ2n) is 4.74. The molecule has 0 bridgehead atoms. The molecule has 0 fully saturated rings. The maximum Gasteiger partial charge on any atom is 0.145 e. The monoisotopic (exact) mass is 236 g/mol. The number of ether oxygens (including phenoxy) is 1. The van der Waals surface area contributed by atoms with Gasteiger partial charge in [0.2, 0.25) is 0 Å². The van der Waals surface area contributed by atoms with E-state index in [9.17, 15) is 0 Å². The first-order valence-corrected chi connectivity index (χ1v) is 6.11. The lowest BCUT2D eigenvalue weighted by molar-refractivity contribution is 0.412. The third-order valence-corrected chi connectivity index (χ3v) is 3.09. The summed E-state index contributed by atoms with van der Waals surface area (Å²) in [4.78, 5) is 0. The van der Waals surface area contributed by atoms with Crippen LogP contribution in [0, 0.1) is 20.8 Å². The number of hydrogen-bond donors (Lipinski definition) is 2. The van der Waals surface area contributed by atoms with Crippen molar-refractivity contribution in [1.82, 2.24) is 0 Å². The molecule has 0 aliphatic rings. The second kappa shape index (κ2) is 5.92. The summed E-state index contributed by atoms with van der Waals surface area (Å²) in [6.07, 6.45) is 0.954. The Morgan fingerprint density at radius 3 is 2.47 bits per heavy atom. The Balaban J connectivity index is 2.93. The van der Waals surface area contributed by atoms with E-state index in [0.717, 1.165) is 24.4 Å². The van der Waals surface area contributed by atoms with Gasteiger partial charge in [0.25, 0.3) is 0 Å². The molecule has 3 heteroatoms. The number of rotatable bonds is 5. The summed E-state index contributed by atoms with van der Waals surface area (Å²) in [7, 11) is 1.72. The summed E-state index contributed by atoms with van der Waals surface area (Å²) >= 11 is 0. The first-order chi connectivity index (χ1) is 7.97. The third kappa shape index (κ3) is 3.37. The Morgan fingerprint density at radius 2 is 1.94 bits per heavy atom.